The maximum absolute atomic E-state index is 12.4. The van der Waals surface area contributed by atoms with Crippen LogP contribution in [-0.4, -0.2) is 43.0 Å². The lowest BCUT2D eigenvalue weighted by molar-refractivity contribution is 0.0694. The van der Waals surface area contributed by atoms with Gasteiger partial charge >= 0.3 is 5.97 Å². The lowest BCUT2D eigenvalue weighted by Crippen LogP contribution is -2.38. The lowest BCUT2D eigenvalue weighted by atomic mass is 9.98. The third kappa shape index (κ3) is 3.97. The number of benzene rings is 1. The molecule has 1 aromatic heterocycles. The second-order valence-corrected chi connectivity index (χ2v) is 7.82. The Kier molecular flexibility index (Phi) is 6.19. The van der Waals surface area contributed by atoms with Crippen LogP contribution < -0.4 is 15.1 Å². The third-order valence-electron chi connectivity index (χ3n) is 5.04. The summed E-state index contributed by atoms with van der Waals surface area (Å²) in [5.74, 6) is -0.522. The van der Waals surface area contributed by atoms with Crippen molar-refractivity contribution in [3.05, 3.63) is 45.2 Å². The second kappa shape index (κ2) is 8.47. The molecule has 156 valence electrons. The zero-order valence-electron chi connectivity index (χ0n) is 16.9. The molecule has 0 amide bonds. The molecule has 1 aliphatic rings. The molecular formula is C21H25ClN2O5. The fraction of sp³-hybridized carbons (Fsp3) is 0.429. The largest absolute Gasteiger partial charge is 0.492 e. The smallest absolute Gasteiger partial charge is 0.341 e. The maximum atomic E-state index is 12.4. The molecule has 0 fully saturated rings. The zero-order chi connectivity index (χ0) is 21.3. The van der Waals surface area contributed by atoms with Crippen molar-refractivity contribution in [1.82, 2.24) is 4.57 Å². The predicted molar refractivity (Wildman–Crippen MR) is 112 cm³/mol. The molecular weight excluding hydrogens is 396 g/mol. The van der Waals surface area contributed by atoms with Gasteiger partial charge < -0.3 is 24.0 Å². The fourth-order valence-electron chi connectivity index (χ4n) is 3.78. The standard InChI is InChI=1S/C21H25ClN2O5/c1-12(2)20-23(3)16-10-19(29-7-5-6-28-4)15(22)8-13(16)17-9-18(25)14(21(26)27)11-24(17)20/h8-12,20H,5-7H2,1-4H3,(H,26,27). The molecule has 0 spiro atoms. The van der Waals surface area contributed by atoms with E-state index in [1.807, 2.05) is 31.5 Å². The number of anilines is 1. The van der Waals surface area contributed by atoms with E-state index in [2.05, 4.69) is 4.90 Å². The van der Waals surface area contributed by atoms with Crippen LogP contribution in [0.3, 0.4) is 0 Å². The summed E-state index contributed by atoms with van der Waals surface area (Å²) in [5, 5.41) is 9.81. The first-order chi connectivity index (χ1) is 13.8. The molecule has 0 bridgehead atoms. The minimum Gasteiger partial charge on any atom is -0.492 e. The summed E-state index contributed by atoms with van der Waals surface area (Å²) in [6.07, 6.45) is 2.00. The molecule has 29 heavy (non-hydrogen) atoms. The Morgan fingerprint density at radius 2 is 2.00 bits per heavy atom. The highest BCUT2D eigenvalue weighted by Gasteiger charge is 2.32. The molecule has 0 saturated carbocycles. The molecule has 1 N–H and O–H groups in total. The normalized spacial score (nSPS) is 15.2. The Hall–Kier alpha value is -2.51. The van der Waals surface area contributed by atoms with E-state index in [-0.39, 0.29) is 17.6 Å². The minimum absolute atomic E-state index is 0.151. The second-order valence-electron chi connectivity index (χ2n) is 7.41. The van der Waals surface area contributed by atoms with Crippen molar-refractivity contribution in [3.63, 3.8) is 0 Å². The van der Waals surface area contributed by atoms with Crippen molar-refractivity contribution in [2.45, 2.75) is 26.4 Å². The van der Waals surface area contributed by atoms with E-state index in [0.717, 1.165) is 17.7 Å². The number of nitrogens with zero attached hydrogens (tertiary/aromatic N) is 2. The van der Waals surface area contributed by atoms with Gasteiger partial charge in [0.15, 0.2) is 5.43 Å². The molecule has 0 radical (unpaired) electrons. The number of rotatable bonds is 7. The molecule has 3 rings (SSSR count). The quantitative estimate of drug-likeness (QED) is 0.684. The van der Waals surface area contributed by atoms with Gasteiger partial charge in [0.05, 0.1) is 23.0 Å². The number of ether oxygens (including phenoxy) is 2. The molecule has 8 heteroatoms. The van der Waals surface area contributed by atoms with E-state index in [4.69, 9.17) is 21.1 Å². The Balaban J connectivity index is 2.14. The van der Waals surface area contributed by atoms with E-state index in [1.54, 1.807) is 13.2 Å². The summed E-state index contributed by atoms with van der Waals surface area (Å²) in [6.45, 7) is 5.17. The van der Waals surface area contributed by atoms with E-state index in [9.17, 15) is 14.7 Å². The summed E-state index contributed by atoms with van der Waals surface area (Å²) in [4.78, 5) is 25.9. The molecule has 2 heterocycles. The molecule has 0 saturated heterocycles. The fourth-order valence-corrected chi connectivity index (χ4v) is 4.00. The topological polar surface area (TPSA) is 81.0 Å². The zero-order valence-corrected chi connectivity index (χ0v) is 17.7. The lowest BCUT2D eigenvalue weighted by Gasteiger charge is -2.42. The van der Waals surface area contributed by atoms with Gasteiger partial charge in [0, 0.05) is 51.1 Å². The van der Waals surface area contributed by atoms with Gasteiger partial charge in [-0.3, -0.25) is 4.79 Å². The summed E-state index contributed by atoms with van der Waals surface area (Å²) in [6, 6.07) is 5.01. The minimum atomic E-state index is -1.24. The van der Waals surface area contributed by atoms with Crippen LogP contribution in [0.4, 0.5) is 5.69 Å². The first-order valence-corrected chi connectivity index (χ1v) is 9.82. The molecule has 1 aromatic carbocycles. The van der Waals surface area contributed by atoms with Gasteiger partial charge in [-0.15, -0.1) is 0 Å². The number of carboxylic acid groups (broad SMARTS) is 1. The number of methoxy groups -OCH3 is 1. The number of fused-ring (bicyclic) bond motifs is 3. The monoisotopic (exact) mass is 420 g/mol. The van der Waals surface area contributed by atoms with Crippen LogP contribution in [0.25, 0.3) is 11.3 Å². The van der Waals surface area contributed by atoms with Crippen LogP contribution in [0.15, 0.2) is 29.2 Å². The van der Waals surface area contributed by atoms with Gasteiger partial charge in [-0.1, -0.05) is 25.4 Å². The highest BCUT2D eigenvalue weighted by Crippen LogP contribution is 2.45. The Morgan fingerprint density at radius 1 is 1.28 bits per heavy atom. The number of pyridine rings is 1. The van der Waals surface area contributed by atoms with Crippen LogP contribution >= 0.6 is 11.6 Å². The van der Waals surface area contributed by atoms with E-state index < -0.39 is 11.4 Å². The Morgan fingerprint density at radius 3 is 2.62 bits per heavy atom. The van der Waals surface area contributed by atoms with Gasteiger partial charge in [0.2, 0.25) is 0 Å². The number of aromatic carboxylic acids is 1. The summed E-state index contributed by atoms with van der Waals surface area (Å²) in [7, 11) is 3.58. The molecule has 1 unspecified atom stereocenters. The first kappa shape index (κ1) is 21.2. The van der Waals surface area contributed by atoms with Crippen molar-refractivity contribution < 1.29 is 19.4 Å². The van der Waals surface area contributed by atoms with Crippen LogP contribution in [0.5, 0.6) is 5.75 Å². The van der Waals surface area contributed by atoms with Crippen molar-refractivity contribution in [2.24, 2.45) is 5.92 Å². The number of hydrogen-bond acceptors (Lipinski definition) is 5. The van der Waals surface area contributed by atoms with Crippen LogP contribution in [0, 0.1) is 5.92 Å². The number of aromatic nitrogens is 1. The average Bonchev–Trinajstić information content (AvgIpc) is 2.65. The molecule has 1 aliphatic heterocycles. The molecule has 7 nitrogen and oxygen atoms in total. The van der Waals surface area contributed by atoms with Gasteiger partial charge in [0.1, 0.15) is 17.5 Å². The van der Waals surface area contributed by atoms with Crippen LogP contribution in [0.2, 0.25) is 5.02 Å². The third-order valence-corrected chi connectivity index (χ3v) is 5.34. The Labute approximate surface area is 174 Å². The van der Waals surface area contributed by atoms with Crippen molar-refractivity contribution in [3.8, 4) is 17.0 Å². The van der Waals surface area contributed by atoms with Gasteiger partial charge in [-0.25, -0.2) is 4.79 Å². The summed E-state index contributed by atoms with van der Waals surface area (Å²) < 4.78 is 12.7. The van der Waals surface area contributed by atoms with Gasteiger partial charge in [-0.2, -0.15) is 0 Å². The number of carboxylic acids is 1. The maximum Gasteiger partial charge on any atom is 0.341 e. The van der Waals surface area contributed by atoms with Crippen LogP contribution in [0.1, 0.15) is 36.8 Å². The molecule has 2 aromatic rings. The van der Waals surface area contributed by atoms with Crippen molar-refractivity contribution in [1.29, 1.82) is 0 Å². The summed E-state index contributed by atoms with van der Waals surface area (Å²) >= 11 is 6.45. The summed E-state index contributed by atoms with van der Waals surface area (Å²) in [5.41, 5.74) is 1.49. The predicted octanol–water partition coefficient (Wildman–Crippen LogP) is 3.89. The number of carbonyl (C=O) groups is 1. The molecule has 0 aliphatic carbocycles. The average molecular weight is 421 g/mol. The van der Waals surface area contributed by atoms with E-state index in [1.165, 1.54) is 12.3 Å². The van der Waals surface area contributed by atoms with Gasteiger partial charge in [0.25, 0.3) is 0 Å². The van der Waals surface area contributed by atoms with Crippen molar-refractivity contribution in [2.75, 3.05) is 32.3 Å². The van der Waals surface area contributed by atoms with Gasteiger partial charge in [-0.05, 0) is 12.0 Å². The SMILES string of the molecule is COCCCOc1cc2c(cc1Cl)-c1cc(=O)c(C(=O)O)cn1C(C(C)C)N2C. The van der Waals surface area contributed by atoms with Crippen LogP contribution in [-0.2, 0) is 4.74 Å². The first-order valence-electron chi connectivity index (χ1n) is 9.44. The number of hydrogen-bond donors (Lipinski definition) is 1. The van der Waals surface area contributed by atoms with E-state index in [0.29, 0.717) is 29.7 Å². The number of halogens is 1. The Bertz CT molecular complexity index is 986. The van der Waals surface area contributed by atoms with E-state index >= 15 is 0 Å². The highest BCUT2D eigenvalue weighted by atomic mass is 35.5. The molecule has 1 atom stereocenters. The van der Waals surface area contributed by atoms with Crippen molar-refractivity contribution >= 4 is 23.3 Å². The highest BCUT2D eigenvalue weighted by molar-refractivity contribution is 6.32.